The van der Waals surface area contributed by atoms with Gasteiger partial charge in [-0.3, -0.25) is 0 Å². The van der Waals surface area contributed by atoms with Crippen LogP contribution in [-0.2, 0) is 6.42 Å². The summed E-state index contributed by atoms with van der Waals surface area (Å²) in [6.45, 7) is 5.43. The van der Waals surface area contributed by atoms with E-state index in [4.69, 9.17) is 4.74 Å². The summed E-state index contributed by atoms with van der Waals surface area (Å²) in [4.78, 5) is 0.575. The lowest BCUT2D eigenvalue weighted by atomic mass is 10.1. The quantitative estimate of drug-likeness (QED) is 0.779. The fraction of sp³-hybridized carbons (Fsp3) is 0.571. The van der Waals surface area contributed by atoms with Gasteiger partial charge in [0.25, 0.3) is 0 Å². The highest BCUT2D eigenvalue weighted by atomic mass is 79.9. The summed E-state index contributed by atoms with van der Waals surface area (Å²) in [5.41, 5.74) is 1.34. The molecular weight excluding hydrogens is 278 g/mol. The second-order valence-electron chi connectivity index (χ2n) is 4.47. The molecule has 3 heteroatoms. The Labute approximate surface area is 113 Å². The molecule has 1 N–H and O–H groups in total. The van der Waals surface area contributed by atoms with Crippen LogP contribution in [0.25, 0.3) is 0 Å². The number of ether oxygens (including phenoxy) is 1. The van der Waals surface area contributed by atoms with Crippen LogP contribution >= 0.6 is 15.9 Å². The largest absolute Gasteiger partial charge is 0.497 e. The van der Waals surface area contributed by atoms with Gasteiger partial charge in [-0.25, -0.2) is 0 Å². The van der Waals surface area contributed by atoms with Gasteiger partial charge in [0.1, 0.15) is 5.75 Å². The average molecular weight is 300 g/mol. The van der Waals surface area contributed by atoms with Crippen LogP contribution in [0.3, 0.4) is 0 Å². The molecule has 0 amide bonds. The zero-order valence-electron chi connectivity index (χ0n) is 10.9. The highest BCUT2D eigenvalue weighted by Gasteiger charge is 2.04. The Morgan fingerprint density at radius 3 is 2.41 bits per heavy atom. The van der Waals surface area contributed by atoms with Crippen LogP contribution in [-0.4, -0.2) is 24.5 Å². The molecule has 1 aromatic rings. The SMILES string of the molecule is COc1ccc(CCNC(C)CC(C)Br)cc1. The maximum absolute atomic E-state index is 5.13. The van der Waals surface area contributed by atoms with Crippen molar-refractivity contribution in [3.05, 3.63) is 29.8 Å². The molecule has 0 radical (unpaired) electrons. The third-order valence-corrected chi connectivity index (χ3v) is 3.12. The Bertz CT molecular complexity index is 311. The van der Waals surface area contributed by atoms with E-state index in [1.165, 1.54) is 5.56 Å². The maximum atomic E-state index is 5.13. The first-order valence-electron chi connectivity index (χ1n) is 6.12. The lowest BCUT2D eigenvalue weighted by Gasteiger charge is -2.15. The van der Waals surface area contributed by atoms with Gasteiger partial charge >= 0.3 is 0 Å². The van der Waals surface area contributed by atoms with Gasteiger partial charge in [-0.15, -0.1) is 0 Å². The Hall–Kier alpha value is -0.540. The summed E-state index contributed by atoms with van der Waals surface area (Å²) in [7, 11) is 1.69. The second kappa shape index (κ2) is 7.72. The van der Waals surface area contributed by atoms with E-state index in [-0.39, 0.29) is 0 Å². The minimum atomic E-state index is 0.558. The first-order valence-corrected chi connectivity index (χ1v) is 7.03. The first kappa shape index (κ1) is 14.5. The standard InChI is InChI=1S/C14H22BrNO/c1-11(15)10-12(2)16-9-8-13-4-6-14(17-3)7-5-13/h4-7,11-12,16H,8-10H2,1-3H3. The lowest BCUT2D eigenvalue weighted by molar-refractivity contribution is 0.414. The molecule has 0 fully saturated rings. The highest BCUT2D eigenvalue weighted by molar-refractivity contribution is 9.09. The van der Waals surface area contributed by atoms with E-state index in [9.17, 15) is 0 Å². The van der Waals surface area contributed by atoms with Crippen molar-refractivity contribution >= 4 is 15.9 Å². The van der Waals surface area contributed by atoms with Crippen molar-refractivity contribution in [1.82, 2.24) is 5.32 Å². The molecule has 17 heavy (non-hydrogen) atoms. The van der Waals surface area contributed by atoms with Crippen LogP contribution in [0.5, 0.6) is 5.75 Å². The van der Waals surface area contributed by atoms with Gasteiger partial charge in [-0.05, 0) is 44.0 Å². The minimum Gasteiger partial charge on any atom is -0.497 e. The molecule has 1 aromatic carbocycles. The van der Waals surface area contributed by atoms with Crippen LogP contribution in [0.1, 0.15) is 25.8 Å². The summed E-state index contributed by atoms with van der Waals surface area (Å²) >= 11 is 3.57. The molecular formula is C14H22BrNO. The van der Waals surface area contributed by atoms with Crippen molar-refractivity contribution in [3.63, 3.8) is 0 Å². The molecule has 2 atom stereocenters. The summed E-state index contributed by atoms with van der Waals surface area (Å²) in [6.07, 6.45) is 2.22. The van der Waals surface area contributed by atoms with Gasteiger partial charge in [0.05, 0.1) is 7.11 Å². The van der Waals surface area contributed by atoms with E-state index >= 15 is 0 Å². The molecule has 2 nitrogen and oxygen atoms in total. The zero-order valence-corrected chi connectivity index (χ0v) is 12.5. The monoisotopic (exact) mass is 299 g/mol. The van der Waals surface area contributed by atoms with Crippen LogP contribution in [0.4, 0.5) is 0 Å². The predicted octanol–water partition coefficient (Wildman–Crippen LogP) is 3.39. The molecule has 0 heterocycles. The summed E-state index contributed by atoms with van der Waals surface area (Å²) in [5.74, 6) is 0.920. The van der Waals surface area contributed by atoms with E-state index in [2.05, 4.69) is 47.2 Å². The van der Waals surface area contributed by atoms with Crippen molar-refractivity contribution in [2.45, 2.75) is 37.6 Å². The van der Waals surface area contributed by atoms with Crippen molar-refractivity contribution in [2.75, 3.05) is 13.7 Å². The van der Waals surface area contributed by atoms with Gasteiger partial charge in [-0.2, -0.15) is 0 Å². The molecule has 0 bridgehead atoms. The van der Waals surface area contributed by atoms with Crippen molar-refractivity contribution < 1.29 is 4.74 Å². The number of halogens is 1. The summed E-state index contributed by atoms with van der Waals surface area (Å²) in [6, 6.07) is 8.83. The van der Waals surface area contributed by atoms with Gasteiger partial charge in [0.2, 0.25) is 0 Å². The molecule has 96 valence electrons. The zero-order chi connectivity index (χ0) is 12.7. The van der Waals surface area contributed by atoms with E-state index in [1.807, 2.05) is 12.1 Å². The average Bonchev–Trinajstić information content (AvgIpc) is 2.29. The third-order valence-electron chi connectivity index (χ3n) is 2.74. The van der Waals surface area contributed by atoms with Gasteiger partial charge in [0.15, 0.2) is 0 Å². The molecule has 1 rings (SSSR count). The number of methoxy groups -OCH3 is 1. The topological polar surface area (TPSA) is 21.3 Å². The molecule has 0 aliphatic carbocycles. The molecule has 0 saturated heterocycles. The smallest absolute Gasteiger partial charge is 0.118 e. The van der Waals surface area contributed by atoms with Crippen LogP contribution in [0, 0.1) is 0 Å². The minimum absolute atomic E-state index is 0.558. The number of rotatable bonds is 7. The van der Waals surface area contributed by atoms with E-state index < -0.39 is 0 Å². The first-order chi connectivity index (χ1) is 8.11. The summed E-state index contributed by atoms with van der Waals surface area (Å²) < 4.78 is 5.13. The fourth-order valence-corrected chi connectivity index (χ4v) is 2.39. The van der Waals surface area contributed by atoms with E-state index in [1.54, 1.807) is 7.11 Å². The number of hydrogen-bond acceptors (Lipinski definition) is 2. The molecule has 0 aliphatic heterocycles. The Morgan fingerprint density at radius 1 is 1.24 bits per heavy atom. The van der Waals surface area contributed by atoms with E-state index in [0.29, 0.717) is 10.9 Å². The van der Waals surface area contributed by atoms with Crippen molar-refractivity contribution in [3.8, 4) is 5.75 Å². The van der Waals surface area contributed by atoms with Crippen molar-refractivity contribution in [2.24, 2.45) is 0 Å². The van der Waals surface area contributed by atoms with Gasteiger partial charge < -0.3 is 10.1 Å². The Balaban J connectivity index is 2.25. The number of hydrogen-bond donors (Lipinski definition) is 1. The van der Waals surface area contributed by atoms with E-state index in [0.717, 1.165) is 25.1 Å². The Kier molecular flexibility index (Phi) is 6.60. The molecule has 0 spiro atoms. The molecule has 2 unspecified atom stereocenters. The lowest BCUT2D eigenvalue weighted by Crippen LogP contribution is -2.29. The molecule has 0 aromatic heterocycles. The second-order valence-corrected chi connectivity index (χ2v) is 6.03. The molecule has 0 saturated carbocycles. The number of alkyl halides is 1. The highest BCUT2D eigenvalue weighted by Crippen LogP contribution is 2.11. The number of nitrogens with one attached hydrogen (secondary N) is 1. The predicted molar refractivity (Wildman–Crippen MR) is 77.2 cm³/mol. The normalized spacial score (nSPS) is 14.4. The molecule has 0 aliphatic rings. The number of benzene rings is 1. The van der Waals surface area contributed by atoms with Gasteiger partial charge in [-0.1, -0.05) is 35.0 Å². The van der Waals surface area contributed by atoms with Crippen LogP contribution in [0.15, 0.2) is 24.3 Å². The van der Waals surface area contributed by atoms with Gasteiger partial charge in [0, 0.05) is 10.9 Å². The third kappa shape index (κ3) is 6.08. The Morgan fingerprint density at radius 2 is 1.88 bits per heavy atom. The van der Waals surface area contributed by atoms with Crippen LogP contribution < -0.4 is 10.1 Å². The summed E-state index contributed by atoms with van der Waals surface area (Å²) in [5, 5.41) is 3.53. The fourth-order valence-electron chi connectivity index (χ4n) is 1.83. The maximum Gasteiger partial charge on any atom is 0.118 e. The van der Waals surface area contributed by atoms with Crippen molar-refractivity contribution in [1.29, 1.82) is 0 Å². The van der Waals surface area contributed by atoms with Crippen LogP contribution in [0.2, 0.25) is 0 Å².